The van der Waals surface area contributed by atoms with Gasteiger partial charge in [0.15, 0.2) is 0 Å². The zero-order valence-corrected chi connectivity index (χ0v) is 12.3. The lowest BCUT2D eigenvalue weighted by Crippen LogP contribution is -2.31. The van der Waals surface area contributed by atoms with Crippen molar-refractivity contribution in [3.8, 4) is 0 Å². The van der Waals surface area contributed by atoms with Crippen LogP contribution >= 0.6 is 11.3 Å². The van der Waals surface area contributed by atoms with E-state index in [2.05, 4.69) is 24.0 Å². The molecule has 104 valence electrons. The molecule has 2 rings (SSSR count). The Morgan fingerprint density at radius 1 is 1.32 bits per heavy atom. The molecule has 0 aliphatic carbocycles. The molecule has 0 spiro atoms. The predicted molar refractivity (Wildman–Crippen MR) is 78.2 cm³/mol. The number of hydrogen-bond donors (Lipinski definition) is 1. The molecule has 0 aromatic carbocycles. The van der Waals surface area contributed by atoms with E-state index in [4.69, 9.17) is 4.42 Å². The van der Waals surface area contributed by atoms with Crippen molar-refractivity contribution in [1.29, 1.82) is 0 Å². The van der Waals surface area contributed by atoms with Crippen molar-refractivity contribution in [3.05, 3.63) is 46.0 Å². The van der Waals surface area contributed by atoms with Crippen molar-refractivity contribution in [2.45, 2.75) is 39.5 Å². The molecular weight excluding hydrogens is 258 g/mol. The summed E-state index contributed by atoms with van der Waals surface area (Å²) >= 11 is 1.81. The Morgan fingerprint density at radius 2 is 2.16 bits per heavy atom. The summed E-state index contributed by atoms with van der Waals surface area (Å²) in [7, 11) is 0. The summed E-state index contributed by atoms with van der Waals surface area (Å²) in [5.74, 6) is 0.941. The summed E-state index contributed by atoms with van der Waals surface area (Å²) in [4.78, 5) is 4.88. The van der Waals surface area contributed by atoms with Gasteiger partial charge in [-0.1, -0.05) is 6.92 Å². The molecule has 1 atom stereocenters. The Kier molecular flexibility index (Phi) is 5.19. The van der Waals surface area contributed by atoms with Crippen LogP contribution in [-0.4, -0.2) is 22.7 Å². The first-order chi connectivity index (χ1) is 9.17. The van der Waals surface area contributed by atoms with Gasteiger partial charge in [0.2, 0.25) is 0 Å². The van der Waals surface area contributed by atoms with Crippen LogP contribution in [0.2, 0.25) is 0 Å². The maximum atomic E-state index is 9.87. The molecule has 2 aromatic heterocycles. The molecule has 4 heteroatoms. The molecule has 2 heterocycles. The highest BCUT2D eigenvalue weighted by atomic mass is 32.1. The van der Waals surface area contributed by atoms with Crippen LogP contribution in [0.3, 0.4) is 0 Å². The monoisotopic (exact) mass is 279 g/mol. The third-order valence-electron chi connectivity index (χ3n) is 3.08. The van der Waals surface area contributed by atoms with Crippen LogP contribution in [-0.2, 0) is 13.1 Å². The van der Waals surface area contributed by atoms with Crippen LogP contribution in [0.25, 0.3) is 0 Å². The van der Waals surface area contributed by atoms with Crippen molar-refractivity contribution >= 4 is 11.3 Å². The average Bonchev–Trinajstić information content (AvgIpc) is 3.01. The average molecular weight is 279 g/mol. The molecular formula is C15H21NO2S. The van der Waals surface area contributed by atoms with Gasteiger partial charge >= 0.3 is 0 Å². The molecule has 0 saturated carbocycles. The van der Waals surface area contributed by atoms with Crippen LogP contribution in [0.4, 0.5) is 0 Å². The van der Waals surface area contributed by atoms with Gasteiger partial charge in [0, 0.05) is 22.8 Å². The molecule has 0 radical (unpaired) electrons. The molecule has 1 N–H and O–H groups in total. The third kappa shape index (κ3) is 4.49. The molecule has 0 amide bonds. The van der Waals surface area contributed by atoms with E-state index in [1.165, 1.54) is 9.75 Å². The van der Waals surface area contributed by atoms with E-state index >= 15 is 0 Å². The zero-order valence-electron chi connectivity index (χ0n) is 11.5. The quantitative estimate of drug-likeness (QED) is 0.843. The summed E-state index contributed by atoms with van der Waals surface area (Å²) in [5, 5.41) is 9.87. The number of aliphatic hydroxyl groups excluding tert-OH is 1. The number of rotatable bonds is 7. The Morgan fingerprint density at radius 3 is 2.74 bits per heavy atom. The standard InChI is InChI=1S/C15H21NO2S/c1-3-13(17)9-16(10-14-5-4-8-18-14)11-15-7-6-12(2)19-15/h4-8,13,17H,3,9-11H2,1-2H3/t13-/m1/s1. The van der Waals surface area contributed by atoms with Gasteiger partial charge in [-0.3, -0.25) is 4.90 Å². The Balaban J connectivity index is 2.00. The highest BCUT2D eigenvalue weighted by molar-refractivity contribution is 7.11. The number of thiophene rings is 1. The van der Waals surface area contributed by atoms with Crippen LogP contribution in [0, 0.1) is 6.92 Å². The molecule has 2 aromatic rings. The van der Waals surface area contributed by atoms with Gasteiger partial charge in [-0.2, -0.15) is 0 Å². The largest absolute Gasteiger partial charge is 0.468 e. The minimum atomic E-state index is -0.281. The van der Waals surface area contributed by atoms with Gasteiger partial charge in [-0.15, -0.1) is 11.3 Å². The van der Waals surface area contributed by atoms with E-state index < -0.39 is 0 Å². The fourth-order valence-corrected chi connectivity index (χ4v) is 2.96. The lowest BCUT2D eigenvalue weighted by molar-refractivity contribution is 0.0979. The van der Waals surface area contributed by atoms with Gasteiger partial charge in [-0.25, -0.2) is 0 Å². The first-order valence-electron chi connectivity index (χ1n) is 6.65. The number of furan rings is 1. The Bertz CT molecular complexity index is 478. The molecule has 0 unspecified atom stereocenters. The lowest BCUT2D eigenvalue weighted by Gasteiger charge is -2.23. The Labute approximate surface area is 118 Å². The zero-order chi connectivity index (χ0) is 13.7. The van der Waals surface area contributed by atoms with Crippen LogP contribution in [0.1, 0.15) is 28.9 Å². The fourth-order valence-electron chi connectivity index (χ4n) is 2.03. The second kappa shape index (κ2) is 6.89. The first-order valence-corrected chi connectivity index (χ1v) is 7.47. The maximum absolute atomic E-state index is 9.87. The molecule has 19 heavy (non-hydrogen) atoms. The SMILES string of the molecule is CC[C@@H](O)CN(Cc1ccco1)Cc1ccc(C)s1. The van der Waals surface area contributed by atoms with Gasteiger partial charge in [0.1, 0.15) is 5.76 Å². The van der Waals surface area contributed by atoms with Gasteiger partial charge in [0.25, 0.3) is 0 Å². The number of nitrogens with zero attached hydrogens (tertiary/aromatic N) is 1. The van der Waals surface area contributed by atoms with Crippen molar-refractivity contribution in [1.82, 2.24) is 4.90 Å². The molecule has 0 bridgehead atoms. The second-order valence-electron chi connectivity index (χ2n) is 4.82. The number of aliphatic hydroxyl groups is 1. The number of aryl methyl sites for hydroxylation is 1. The predicted octanol–water partition coefficient (Wildman–Crippen LogP) is 3.42. The molecule has 0 fully saturated rings. The first kappa shape index (κ1) is 14.3. The molecule has 0 aliphatic heterocycles. The summed E-state index contributed by atoms with van der Waals surface area (Å²) in [6.07, 6.45) is 2.19. The van der Waals surface area contributed by atoms with E-state index in [9.17, 15) is 5.11 Å². The fraction of sp³-hybridized carbons (Fsp3) is 0.467. The van der Waals surface area contributed by atoms with Crippen LogP contribution < -0.4 is 0 Å². The van der Waals surface area contributed by atoms with Crippen molar-refractivity contribution in [3.63, 3.8) is 0 Å². The molecule has 3 nitrogen and oxygen atoms in total. The summed E-state index contributed by atoms with van der Waals surface area (Å²) in [5.41, 5.74) is 0. The molecule has 0 saturated heterocycles. The van der Waals surface area contributed by atoms with Crippen molar-refractivity contribution in [2.24, 2.45) is 0 Å². The van der Waals surface area contributed by atoms with E-state index in [1.54, 1.807) is 6.26 Å². The van der Waals surface area contributed by atoms with E-state index in [-0.39, 0.29) is 6.10 Å². The van der Waals surface area contributed by atoms with E-state index in [1.807, 2.05) is 30.4 Å². The van der Waals surface area contributed by atoms with Gasteiger partial charge < -0.3 is 9.52 Å². The lowest BCUT2D eigenvalue weighted by atomic mass is 10.2. The van der Waals surface area contributed by atoms with Gasteiger partial charge in [-0.05, 0) is 37.6 Å². The topological polar surface area (TPSA) is 36.6 Å². The molecule has 0 aliphatic rings. The minimum absolute atomic E-state index is 0.281. The van der Waals surface area contributed by atoms with Crippen LogP contribution in [0.5, 0.6) is 0 Å². The number of hydrogen-bond acceptors (Lipinski definition) is 4. The highest BCUT2D eigenvalue weighted by Gasteiger charge is 2.13. The van der Waals surface area contributed by atoms with Crippen molar-refractivity contribution < 1.29 is 9.52 Å². The van der Waals surface area contributed by atoms with E-state index in [0.717, 1.165) is 25.3 Å². The smallest absolute Gasteiger partial charge is 0.117 e. The van der Waals surface area contributed by atoms with Crippen molar-refractivity contribution in [2.75, 3.05) is 6.54 Å². The van der Waals surface area contributed by atoms with Crippen LogP contribution in [0.15, 0.2) is 34.9 Å². The normalized spacial score (nSPS) is 13.1. The van der Waals surface area contributed by atoms with E-state index in [0.29, 0.717) is 6.54 Å². The van der Waals surface area contributed by atoms with Gasteiger partial charge in [0.05, 0.1) is 18.9 Å². The summed E-state index contributed by atoms with van der Waals surface area (Å²) in [6.45, 7) is 6.39. The Hall–Kier alpha value is -1.10. The minimum Gasteiger partial charge on any atom is -0.468 e. The third-order valence-corrected chi connectivity index (χ3v) is 4.06. The summed E-state index contributed by atoms with van der Waals surface area (Å²) < 4.78 is 5.40. The maximum Gasteiger partial charge on any atom is 0.117 e. The second-order valence-corrected chi connectivity index (χ2v) is 6.20. The highest BCUT2D eigenvalue weighted by Crippen LogP contribution is 2.19. The summed E-state index contributed by atoms with van der Waals surface area (Å²) in [6, 6.07) is 8.18.